The predicted octanol–water partition coefficient (Wildman–Crippen LogP) is 2.11. The number of nitrogens with one attached hydrogen (secondary N) is 1. The normalized spacial score (nSPS) is 15.7. The molecule has 0 spiro atoms. The Morgan fingerprint density at radius 3 is 3.07 bits per heavy atom. The molecular weight excluding hydrogens is 184 g/mol. The molecule has 1 aliphatic heterocycles. The zero-order chi connectivity index (χ0) is 10.8. The Morgan fingerprint density at radius 2 is 2.33 bits per heavy atom. The molecule has 0 fully saturated rings. The fourth-order valence-corrected chi connectivity index (χ4v) is 1.95. The summed E-state index contributed by atoms with van der Waals surface area (Å²) < 4.78 is 0. The van der Waals surface area contributed by atoms with Gasteiger partial charge in [-0.3, -0.25) is 0 Å². The molecule has 1 unspecified atom stereocenters. The lowest BCUT2D eigenvalue weighted by atomic mass is 10.1. The zero-order valence-electron chi connectivity index (χ0n) is 9.25. The van der Waals surface area contributed by atoms with Gasteiger partial charge in [-0.05, 0) is 37.1 Å². The number of anilines is 2. The highest BCUT2D eigenvalue weighted by Gasteiger charge is 2.15. The molecule has 2 heteroatoms. The van der Waals surface area contributed by atoms with E-state index < -0.39 is 0 Å². The summed E-state index contributed by atoms with van der Waals surface area (Å²) in [6.07, 6.45) is 6.46. The molecule has 2 rings (SSSR count). The number of terminal acetylenes is 1. The minimum Gasteiger partial charge on any atom is -0.374 e. The molecule has 1 N–H and O–H groups in total. The summed E-state index contributed by atoms with van der Waals surface area (Å²) in [5, 5.41) is 3.28. The molecule has 1 aromatic rings. The molecule has 0 saturated heterocycles. The minimum atomic E-state index is 0.0854. The molecule has 0 saturated carbocycles. The number of hydrogen-bond donors (Lipinski definition) is 1. The van der Waals surface area contributed by atoms with Crippen molar-refractivity contribution in [2.45, 2.75) is 19.4 Å². The van der Waals surface area contributed by atoms with Crippen molar-refractivity contribution in [3.05, 3.63) is 23.8 Å². The van der Waals surface area contributed by atoms with E-state index in [1.54, 1.807) is 0 Å². The second-order valence-corrected chi connectivity index (χ2v) is 4.05. The third-order valence-corrected chi connectivity index (χ3v) is 2.84. The second kappa shape index (κ2) is 3.86. The summed E-state index contributed by atoms with van der Waals surface area (Å²) in [5.74, 6) is 2.67. The van der Waals surface area contributed by atoms with Crippen LogP contribution >= 0.6 is 0 Å². The SMILES string of the molecule is C#CC(C)Nc1ccc2c(c1)CCN2C. The summed E-state index contributed by atoms with van der Waals surface area (Å²) in [6, 6.07) is 6.54. The second-order valence-electron chi connectivity index (χ2n) is 4.05. The maximum atomic E-state index is 5.33. The lowest BCUT2D eigenvalue weighted by molar-refractivity contribution is 0.956. The Labute approximate surface area is 91.3 Å². The molecule has 1 atom stereocenters. The van der Waals surface area contributed by atoms with Gasteiger partial charge in [-0.15, -0.1) is 6.42 Å². The van der Waals surface area contributed by atoms with Gasteiger partial charge in [0.05, 0.1) is 6.04 Å². The number of benzene rings is 1. The molecule has 1 aliphatic rings. The van der Waals surface area contributed by atoms with Crippen LogP contribution in [0.2, 0.25) is 0 Å². The number of fused-ring (bicyclic) bond motifs is 1. The summed E-state index contributed by atoms with van der Waals surface area (Å²) in [6.45, 7) is 3.10. The monoisotopic (exact) mass is 200 g/mol. The summed E-state index contributed by atoms with van der Waals surface area (Å²) in [5.41, 5.74) is 3.87. The highest BCUT2D eigenvalue weighted by Crippen LogP contribution is 2.29. The molecule has 2 nitrogen and oxygen atoms in total. The number of hydrogen-bond acceptors (Lipinski definition) is 2. The molecule has 0 amide bonds. The number of likely N-dealkylation sites (N-methyl/N-ethyl adjacent to an activating group) is 1. The van der Waals surface area contributed by atoms with Crippen molar-refractivity contribution >= 4 is 11.4 Å². The maximum Gasteiger partial charge on any atom is 0.0845 e. The van der Waals surface area contributed by atoms with Crippen LogP contribution in [0.4, 0.5) is 11.4 Å². The van der Waals surface area contributed by atoms with Crippen LogP contribution in [-0.2, 0) is 6.42 Å². The Balaban J connectivity index is 2.20. The summed E-state index contributed by atoms with van der Waals surface area (Å²) in [7, 11) is 2.13. The fraction of sp³-hybridized carbons (Fsp3) is 0.385. The first-order chi connectivity index (χ1) is 7.20. The van der Waals surface area contributed by atoms with Gasteiger partial charge in [0.2, 0.25) is 0 Å². The van der Waals surface area contributed by atoms with Crippen molar-refractivity contribution in [3.8, 4) is 12.3 Å². The number of rotatable bonds is 2. The van der Waals surface area contributed by atoms with Crippen molar-refractivity contribution in [1.29, 1.82) is 0 Å². The van der Waals surface area contributed by atoms with Crippen LogP contribution in [0.15, 0.2) is 18.2 Å². The molecule has 1 heterocycles. The minimum absolute atomic E-state index is 0.0854. The third-order valence-electron chi connectivity index (χ3n) is 2.84. The average molecular weight is 200 g/mol. The van der Waals surface area contributed by atoms with Gasteiger partial charge in [0.15, 0.2) is 0 Å². The standard InChI is InChI=1S/C13H16N2/c1-4-10(2)14-12-5-6-13-11(9-12)7-8-15(13)3/h1,5-6,9-10,14H,7-8H2,2-3H3. The van der Waals surface area contributed by atoms with E-state index >= 15 is 0 Å². The first-order valence-electron chi connectivity index (χ1n) is 5.27. The van der Waals surface area contributed by atoms with Gasteiger partial charge in [0.25, 0.3) is 0 Å². The Morgan fingerprint density at radius 1 is 1.53 bits per heavy atom. The van der Waals surface area contributed by atoms with E-state index in [9.17, 15) is 0 Å². The van der Waals surface area contributed by atoms with Gasteiger partial charge in [0.1, 0.15) is 0 Å². The van der Waals surface area contributed by atoms with E-state index in [2.05, 4.69) is 41.4 Å². The topological polar surface area (TPSA) is 15.3 Å². The van der Waals surface area contributed by atoms with E-state index in [-0.39, 0.29) is 6.04 Å². The largest absolute Gasteiger partial charge is 0.374 e. The quantitative estimate of drug-likeness (QED) is 0.736. The molecule has 0 bridgehead atoms. The molecular formula is C13H16N2. The summed E-state index contributed by atoms with van der Waals surface area (Å²) >= 11 is 0. The molecule has 0 aromatic heterocycles. The van der Waals surface area contributed by atoms with Crippen LogP contribution in [0.5, 0.6) is 0 Å². The van der Waals surface area contributed by atoms with Gasteiger partial charge in [-0.25, -0.2) is 0 Å². The molecule has 78 valence electrons. The zero-order valence-corrected chi connectivity index (χ0v) is 9.25. The van der Waals surface area contributed by atoms with Gasteiger partial charge in [-0.2, -0.15) is 0 Å². The van der Waals surface area contributed by atoms with E-state index in [0.717, 1.165) is 18.7 Å². The molecule has 15 heavy (non-hydrogen) atoms. The van der Waals surface area contributed by atoms with Gasteiger partial charge in [0, 0.05) is 25.0 Å². The van der Waals surface area contributed by atoms with Gasteiger partial charge in [-0.1, -0.05) is 5.92 Å². The highest BCUT2D eigenvalue weighted by molar-refractivity contribution is 5.64. The van der Waals surface area contributed by atoms with Crippen LogP contribution in [0, 0.1) is 12.3 Å². The van der Waals surface area contributed by atoms with Crippen molar-refractivity contribution in [2.24, 2.45) is 0 Å². The Bertz CT molecular complexity index is 403. The van der Waals surface area contributed by atoms with Crippen LogP contribution in [0.25, 0.3) is 0 Å². The summed E-state index contributed by atoms with van der Waals surface area (Å²) in [4.78, 5) is 2.28. The van der Waals surface area contributed by atoms with Crippen LogP contribution < -0.4 is 10.2 Å². The third kappa shape index (κ3) is 1.92. The van der Waals surface area contributed by atoms with Crippen LogP contribution in [0.3, 0.4) is 0 Å². The van der Waals surface area contributed by atoms with Crippen molar-refractivity contribution in [1.82, 2.24) is 0 Å². The average Bonchev–Trinajstić information content (AvgIpc) is 2.60. The van der Waals surface area contributed by atoms with Crippen molar-refractivity contribution in [2.75, 3.05) is 23.8 Å². The smallest absolute Gasteiger partial charge is 0.0845 e. The van der Waals surface area contributed by atoms with E-state index in [0.29, 0.717) is 0 Å². The number of nitrogens with zero attached hydrogens (tertiary/aromatic N) is 1. The van der Waals surface area contributed by atoms with Crippen molar-refractivity contribution in [3.63, 3.8) is 0 Å². The van der Waals surface area contributed by atoms with E-state index in [1.165, 1.54) is 11.3 Å². The van der Waals surface area contributed by atoms with Crippen LogP contribution in [-0.4, -0.2) is 19.6 Å². The molecule has 0 aliphatic carbocycles. The Hall–Kier alpha value is -1.62. The highest BCUT2D eigenvalue weighted by atomic mass is 15.1. The molecule has 0 radical (unpaired) electrons. The molecule has 1 aromatic carbocycles. The first-order valence-corrected chi connectivity index (χ1v) is 5.27. The van der Waals surface area contributed by atoms with E-state index in [1.807, 2.05) is 6.92 Å². The predicted molar refractivity (Wildman–Crippen MR) is 65.3 cm³/mol. The van der Waals surface area contributed by atoms with Crippen molar-refractivity contribution < 1.29 is 0 Å². The van der Waals surface area contributed by atoms with Gasteiger partial charge < -0.3 is 10.2 Å². The maximum absolute atomic E-state index is 5.33. The van der Waals surface area contributed by atoms with Gasteiger partial charge >= 0.3 is 0 Å². The lowest BCUT2D eigenvalue weighted by Gasteiger charge is -2.14. The lowest BCUT2D eigenvalue weighted by Crippen LogP contribution is -2.13. The Kier molecular flexibility index (Phi) is 2.55. The first kappa shape index (κ1) is 9.92. The van der Waals surface area contributed by atoms with Crippen LogP contribution in [0.1, 0.15) is 12.5 Å². The van der Waals surface area contributed by atoms with E-state index in [4.69, 9.17) is 6.42 Å². The fourth-order valence-electron chi connectivity index (χ4n) is 1.95.